The van der Waals surface area contributed by atoms with Crippen LogP contribution in [0.2, 0.25) is 0 Å². The Morgan fingerprint density at radius 3 is 2.76 bits per heavy atom. The highest BCUT2D eigenvalue weighted by molar-refractivity contribution is 7.10. The lowest BCUT2D eigenvalue weighted by Crippen LogP contribution is -2.28. The van der Waals surface area contributed by atoms with Crippen LogP contribution >= 0.6 is 11.3 Å². The molecule has 6 nitrogen and oxygen atoms in total. The minimum absolute atomic E-state index is 0.280. The molecule has 4 rings (SSSR count). The Kier molecular flexibility index (Phi) is 4.99. The summed E-state index contributed by atoms with van der Waals surface area (Å²) in [5.74, 6) is 2.85. The number of benzene rings is 1. The zero-order valence-electron chi connectivity index (χ0n) is 15.5. The van der Waals surface area contributed by atoms with Crippen molar-refractivity contribution in [1.29, 1.82) is 5.26 Å². The molecule has 2 N–H and O–H groups in total. The molecule has 2 heterocycles. The molecule has 3 aromatic rings. The maximum atomic E-state index is 12.0. The number of pyridine rings is 1. The molecule has 7 heteroatoms. The quantitative estimate of drug-likeness (QED) is 0.633. The SMILES string of the molecule is C#Cc1nc(NC(=O)NCc2ccc(-c3ccccc3C3(C#N)CC3)cn2)cs1. The van der Waals surface area contributed by atoms with E-state index in [9.17, 15) is 10.1 Å². The minimum atomic E-state index is -0.375. The Morgan fingerprint density at radius 1 is 1.28 bits per heavy atom. The van der Waals surface area contributed by atoms with Gasteiger partial charge in [0.05, 0.1) is 23.7 Å². The summed E-state index contributed by atoms with van der Waals surface area (Å²) in [7, 11) is 0. The van der Waals surface area contributed by atoms with Crippen LogP contribution in [0.1, 0.15) is 29.1 Å². The van der Waals surface area contributed by atoms with Gasteiger partial charge in [-0.2, -0.15) is 5.26 Å². The van der Waals surface area contributed by atoms with Gasteiger partial charge in [-0.15, -0.1) is 17.8 Å². The van der Waals surface area contributed by atoms with E-state index in [4.69, 9.17) is 6.42 Å². The molecular weight excluding hydrogens is 382 g/mol. The number of carbonyl (C=O) groups excluding carboxylic acids is 1. The van der Waals surface area contributed by atoms with Crippen molar-refractivity contribution in [2.45, 2.75) is 24.8 Å². The van der Waals surface area contributed by atoms with Crippen molar-refractivity contribution >= 4 is 23.2 Å². The molecule has 1 aliphatic rings. The molecule has 1 aromatic carbocycles. The summed E-state index contributed by atoms with van der Waals surface area (Å²) in [6.45, 7) is 0.280. The van der Waals surface area contributed by atoms with Gasteiger partial charge in [0.15, 0.2) is 5.01 Å². The van der Waals surface area contributed by atoms with Gasteiger partial charge in [-0.05, 0) is 36.0 Å². The number of hydrogen-bond acceptors (Lipinski definition) is 5. The van der Waals surface area contributed by atoms with E-state index in [0.29, 0.717) is 10.8 Å². The Bertz CT molecular complexity index is 1130. The zero-order chi connectivity index (χ0) is 20.3. The van der Waals surface area contributed by atoms with Crippen LogP contribution < -0.4 is 10.6 Å². The Labute approximate surface area is 172 Å². The summed E-state index contributed by atoms with van der Waals surface area (Å²) in [6, 6.07) is 13.9. The van der Waals surface area contributed by atoms with Crippen LogP contribution in [0.4, 0.5) is 10.6 Å². The van der Waals surface area contributed by atoms with E-state index in [1.807, 2.05) is 36.4 Å². The number of aromatic nitrogens is 2. The van der Waals surface area contributed by atoms with Crippen LogP contribution in [0, 0.1) is 23.7 Å². The molecule has 0 spiro atoms. The smallest absolute Gasteiger partial charge is 0.320 e. The lowest BCUT2D eigenvalue weighted by molar-refractivity contribution is 0.251. The highest BCUT2D eigenvalue weighted by atomic mass is 32.1. The van der Waals surface area contributed by atoms with Crippen molar-refractivity contribution in [1.82, 2.24) is 15.3 Å². The molecule has 0 atom stereocenters. The van der Waals surface area contributed by atoms with E-state index in [-0.39, 0.29) is 18.0 Å². The Hall–Kier alpha value is -3.68. The van der Waals surface area contributed by atoms with Crippen LogP contribution in [0.25, 0.3) is 11.1 Å². The van der Waals surface area contributed by atoms with Crippen LogP contribution in [0.5, 0.6) is 0 Å². The topological polar surface area (TPSA) is 90.7 Å². The predicted molar refractivity (Wildman–Crippen MR) is 112 cm³/mol. The van der Waals surface area contributed by atoms with Gasteiger partial charge in [0.1, 0.15) is 5.82 Å². The van der Waals surface area contributed by atoms with E-state index in [1.165, 1.54) is 11.3 Å². The molecule has 1 aliphatic carbocycles. The number of nitriles is 1. The van der Waals surface area contributed by atoms with Gasteiger partial charge < -0.3 is 5.32 Å². The van der Waals surface area contributed by atoms with Crippen LogP contribution in [-0.2, 0) is 12.0 Å². The fourth-order valence-electron chi connectivity index (χ4n) is 3.14. The molecule has 0 saturated heterocycles. The normalized spacial score (nSPS) is 13.7. The van der Waals surface area contributed by atoms with Gasteiger partial charge in [0, 0.05) is 17.1 Å². The van der Waals surface area contributed by atoms with Gasteiger partial charge in [0.25, 0.3) is 0 Å². The molecule has 142 valence electrons. The van der Waals surface area contributed by atoms with Crippen molar-refractivity contribution in [3.8, 4) is 29.5 Å². The minimum Gasteiger partial charge on any atom is -0.332 e. The van der Waals surface area contributed by atoms with Gasteiger partial charge in [0.2, 0.25) is 0 Å². The lowest BCUT2D eigenvalue weighted by Gasteiger charge is -2.13. The summed E-state index contributed by atoms with van der Waals surface area (Å²) < 4.78 is 0. The van der Waals surface area contributed by atoms with Crippen molar-refractivity contribution in [2.75, 3.05) is 5.32 Å². The number of nitrogens with zero attached hydrogens (tertiary/aromatic N) is 3. The maximum absolute atomic E-state index is 12.0. The fourth-order valence-corrected chi connectivity index (χ4v) is 3.69. The van der Waals surface area contributed by atoms with E-state index in [1.54, 1.807) is 11.6 Å². The Morgan fingerprint density at radius 2 is 2.10 bits per heavy atom. The summed E-state index contributed by atoms with van der Waals surface area (Å²) in [6.07, 6.45) is 8.84. The number of nitrogens with one attached hydrogen (secondary N) is 2. The number of urea groups is 1. The molecule has 0 radical (unpaired) electrons. The van der Waals surface area contributed by atoms with Crippen molar-refractivity contribution in [3.05, 3.63) is 64.2 Å². The molecule has 29 heavy (non-hydrogen) atoms. The number of anilines is 1. The molecule has 2 aromatic heterocycles. The largest absolute Gasteiger partial charge is 0.332 e. The number of carbonyl (C=O) groups is 1. The summed E-state index contributed by atoms with van der Waals surface area (Å²) in [4.78, 5) is 20.5. The standard InChI is InChI=1S/C22H17N5OS/c1-2-20-26-19(13-29-20)27-21(28)25-12-16-8-7-15(11-24-16)17-5-3-4-6-18(17)22(14-23)9-10-22/h1,3-8,11,13H,9-10,12H2,(H2,25,27,28). The first-order valence-electron chi connectivity index (χ1n) is 9.06. The second kappa shape index (κ2) is 7.75. The summed E-state index contributed by atoms with van der Waals surface area (Å²) in [5, 5.41) is 17.1. The molecule has 0 unspecified atom stereocenters. The maximum Gasteiger partial charge on any atom is 0.320 e. The number of thiazole rings is 1. The lowest BCUT2D eigenvalue weighted by atomic mass is 9.89. The second-order valence-electron chi connectivity index (χ2n) is 6.77. The van der Waals surface area contributed by atoms with Gasteiger partial charge in [-0.1, -0.05) is 30.3 Å². The first-order chi connectivity index (χ1) is 14.1. The summed E-state index contributed by atoms with van der Waals surface area (Å²) >= 11 is 1.29. The third-order valence-corrected chi connectivity index (χ3v) is 5.62. The average molecular weight is 399 g/mol. The molecule has 0 bridgehead atoms. The second-order valence-corrected chi connectivity index (χ2v) is 7.63. The molecule has 1 saturated carbocycles. The molecule has 2 amide bonds. The Balaban J connectivity index is 1.41. The highest BCUT2D eigenvalue weighted by Crippen LogP contribution is 2.50. The van der Waals surface area contributed by atoms with Gasteiger partial charge in [-0.3, -0.25) is 10.3 Å². The molecule has 1 fully saturated rings. The third-order valence-electron chi connectivity index (χ3n) is 4.84. The highest BCUT2D eigenvalue weighted by Gasteiger charge is 2.46. The number of amides is 2. The van der Waals surface area contributed by atoms with Crippen LogP contribution in [-0.4, -0.2) is 16.0 Å². The molecular formula is C22H17N5OS. The van der Waals surface area contributed by atoms with Crippen molar-refractivity contribution in [3.63, 3.8) is 0 Å². The monoisotopic (exact) mass is 399 g/mol. The summed E-state index contributed by atoms with van der Waals surface area (Å²) in [5.41, 5.74) is 3.42. The van der Waals surface area contributed by atoms with Crippen molar-refractivity contribution in [2.24, 2.45) is 0 Å². The van der Waals surface area contributed by atoms with E-state index in [2.05, 4.69) is 32.6 Å². The van der Waals surface area contributed by atoms with Crippen molar-refractivity contribution < 1.29 is 4.79 Å². The fraction of sp³-hybridized carbons (Fsp3) is 0.182. The number of hydrogen-bond donors (Lipinski definition) is 2. The van der Waals surface area contributed by atoms with Gasteiger partial charge in [-0.25, -0.2) is 9.78 Å². The first-order valence-corrected chi connectivity index (χ1v) is 9.94. The van der Waals surface area contributed by atoms with E-state index < -0.39 is 0 Å². The number of terminal acetylenes is 1. The van der Waals surface area contributed by atoms with E-state index in [0.717, 1.165) is 35.2 Å². The average Bonchev–Trinajstić information content (AvgIpc) is 3.44. The van der Waals surface area contributed by atoms with Gasteiger partial charge >= 0.3 is 6.03 Å². The van der Waals surface area contributed by atoms with Crippen LogP contribution in [0.15, 0.2) is 48.0 Å². The third kappa shape index (κ3) is 3.96. The van der Waals surface area contributed by atoms with Crippen LogP contribution in [0.3, 0.4) is 0 Å². The van der Waals surface area contributed by atoms with E-state index >= 15 is 0 Å². The first kappa shape index (κ1) is 18.7. The molecule has 0 aliphatic heterocycles. The predicted octanol–water partition coefficient (Wildman–Crippen LogP) is 4.06. The zero-order valence-corrected chi connectivity index (χ0v) is 16.3. The number of rotatable bonds is 5.